The minimum absolute atomic E-state index is 0.0374. The summed E-state index contributed by atoms with van der Waals surface area (Å²) in [5.74, 6) is 0.295. The fraction of sp³-hybridized carbons (Fsp3) is 0.600. The molecule has 0 bridgehead atoms. The maximum Gasteiger partial charge on any atom is 0.243 e. The van der Waals surface area contributed by atoms with E-state index in [0.29, 0.717) is 16.7 Å². The van der Waals surface area contributed by atoms with E-state index in [-0.39, 0.29) is 15.8 Å². The van der Waals surface area contributed by atoms with Crippen molar-refractivity contribution in [2.45, 2.75) is 31.3 Å². The van der Waals surface area contributed by atoms with Crippen LogP contribution in [0.5, 0.6) is 0 Å². The largest absolute Gasteiger partial charge is 0.392 e. The van der Waals surface area contributed by atoms with Gasteiger partial charge in [-0.05, 0) is 18.4 Å². The molecular weight excluding hydrogens is 317 g/mol. The number of hydrogen-bond donors (Lipinski definition) is 2. The molecule has 1 aromatic rings. The zero-order valence-electron chi connectivity index (χ0n) is 9.98. The van der Waals surface area contributed by atoms with Gasteiger partial charge >= 0.3 is 0 Å². The smallest absolute Gasteiger partial charge is 0.243 e. The Morgan fingerprint density at radius 3 is 2.50 bits per heavy atom. The van der Waals surface area contributed by atoms with Gasteiger partial charge in [-0.3, -0.25) is 0 Å². The zero-order chi connectivity index (χ0) is 13.9. The number of sulfonamides is 1. The van der Waals surface area contributed by atoms with Crippen LogP contribution < -0.4 is 4.72 Å². The number of halogens is 2. The highest BCUT2D eigenvalue weighted by atomic mass is 35.5. The van der Waals surface area contributed by atoms with Crippen molar-refractivity contribution >= 4 is 44.6 Å². The lowest BCUT2D eigenvalue weighted by Gasteiger charge is -2.13. The molecule has 0 saturated heterocycles. The van der Waals surface area contributed by atoms with Crippen molar-refractivity contribution in [3.63, 3.8) is 0 Å². The number of aliphatic hydroxyl groups excluding tert-OH is 1. The van der Waals surface area contributed by atoms with E-state index in [9.17, 15) is 13.5 Å². The van der Waals surface area contributed by atoms with Gasteiger partial charge in [0, 0.05) is 6.54 Å². The van der Waals surface area contributed by atoms with Crippen LogP contribution in [0.2, 0.25) is 8.67 Å². The highest BCUT2D eigenvalue weighted by Crippen LogP contribution is 2.34. The lowest BCUT2D eigenvalue weighted by molar-refractivity contribution is 0.152. The van der Waals surface area contributed by atoms with Gasteiger partial charge in [-0.1, -0.05) is 37.0 Å². The molecule has 0 spiro atoms. The van der Waals surface area contributed by atoms with Gasteiger partial charge in [-0.25, -0.2) is 13.1 Å². The van der Waals surface area contributed by atoms with Crippen LogP contribution >= 0.6 is 34.5 Å². The van der Waals surface area contributed by atoms with Crippen LogP contribution in [-0.4, -0.2) is 26.2 Å². The van der Waals surface area contributed by atoms with Gasteiger partial charge in [0.05, 0.1) is 10.4 Å². The number of aliphatic hydroxyl groups is 1. The van der Waals surface area contributed by atoms with Crippen LogP contribution in [0.15, 0.2) is 11.0 Å². The Labute approximate surface area is 121 Å². The van der Waals surface area contributed by atoms with Crippen molar-refractivity contribution in [3.8, 4) is 0 Å². The van der Waals surface area contributed by atoms with Gasteiger partial charge in [0.1, 0.15) is 9.23 Å². The molecule has 0 aromatic carbocycles. The SMILES string of the molecule is CC(C)CC(O)CNS(=O)(=O)c1cc(Cl)sc1Cl. The third kappa shape index (κ3) is 4.68. The molecular formula is C10H15Cl2NO3S2. The Kier molecular flexibility index (Phi) is 5.89. The van der Waals surface area contributed by atoms with Crippen molar-refractivity contribution in [1.29, 1.82) is 0 Å². The van der Waals surface area contributed by atoms with Crippen LogP contribution in [0.4, 0.5) is 0 Å². The van der Waals surface area contributed by atoms with Crippen molar-refractivity contribution in [2.75, 3.05) is 6.54 Å². The van der Waals surface area contributed by atoms with Gasteiger partial charge in [0.25, 0.3) is 0 Å². The van der Waals surface area contributed by atoms with Crippen molar-refractivity contribution in [2.24, 2.45) is 5.92 Å². The molecule has 1 atom stereocenters. The Morgan fingerprint density at radius 2 is 2.06 bits per heavy atom. The van der Waals surface area contributed by atoms with E-state index in [1.807, 2.05) is 13.8 Å². The molecule has 1 heterocycles. The van der Waals surface area contributed by atoms with Crippen LogP contribution in [0.25, 0.3) is 0 Å². The summed E-state index contributed by atoms with van der Waals surface area (Å²) >= 11 is 12.5. The van der Waals surface area contributed by atoms with Crippen molar-refractivity contribution in [1.82, 2.24) is 4.72 Å². The molecule has 2 N–H and O–H groups in total. The number of thiophene rings is 1. The molecule has 104 valence electrons. The van der Waals surface area contributed by atoms with E-state index in [1.54, 1.807) is 0 Å². The average Bonchev–Trinajstić information content (AvgIpc) is 2.55. The fourth-order valence-electron chi connectivity index (χ4n) is 1.42. The molecule has 1 aromatic heterocycles. The summed E-state index contributed by atoms with van der Waals surface area (Å²) in [6.45, 7) is 3.87. The summed E-state index contributed by atoms with van der Waals surface area (Å²) in [6, 6.07) is 1.30. The predicted molar refractivity (Wildman–Crippen MR) is 75.0 cm³/mol. The monoisotopic (exact) mass is 331 g/mol. The standard InChI is InChI=1S/C10H15Cl2NO3S2/c1-6(2)3-7(14)5-13-18(15,16)8-4-9(11)17-10(8)12/h4,6-7,13-14H,3,5H2,1-2H3. The summed E-state index contributed by atoms with van der Waals surface area (Å²) in [7, 11) is -3.72. The normalized spacial score (nSPS) is 14.1. The van der Waals surface area contributed by atoms with Crippen LogP contribution in [0.3, 0.4) is 0 Å². The highest BCUT2D eigenvalue weighted by Gasteiger charge is 2.21. The van der Waals surface area contributed by atoms with Gasteiger partial charge in [-0.15, -0.1) is 11.3 Å². The van der Waals surface area contributed by atoms with Crippen LogP contribution in [-0.2, 0) is 10.0 Å². The highest BCUT2D eigenvalue weighted by molar-refractivity contribution is 7.89. The quantitative estimate of drug-likeness (QED) is 0.842. The molecule has 0 radical (unpaired) electrons. The third-order valence-electron chi connectivity index (χ3n) is 2.17. The Hall–Kier alpha value is 0.150. The second-order valence-electron chi connectivity index (χ2n) is 4.32. The Balaban J connectivity index is 2.69. The lowest BCUT2D eigenvalue weighted by atomic mass is 10.1. The first kappa shape index (κ1) is 16.2. The van der Waals surface area contributed by atoms with E-state index in [1.165, 1.54) is 6.07 Å². The number of hydrogen-bond acceptors (Lipinski definition) is 4. The molecule has 0 aliphatic carbocycles. The maximum atomic E-state index is 11.9. The van der Waals surface area contributed by atoms with Gasteiger partial charge < -0.3 is 5.11 Å². The van der Waals surface area contributed by atoms with Crippen molar-refractivity contribution < 1.29 is 13.5 Å². The summed E-state index contributed by atoms with van der Waals surface area (Å²) in [4.78, 5) is -0.0455. The van der Waals surface area contributed by atoms with Crippen molar-refractivity contribution in [3.05, 3.63) is 14.7 Å². The molecule has 0 saturated carbocycles. The third-order valence-corrected chi connectivity index (χ3v) is 5.34. The summed E-state index contributed by atoms with van der Waals surface area (Å²) in [5.41, 5.74) is 0. The fourth-order valence-corrected chi connectivity index (χ4v) is 4.64. The van der Waals surface area contributed by atoms with Gasteiger partial charge in [0.15, 0.2) is 0 Å². The predicted octanol–water partition coefficient (Wildman–Crippen LogP) is 2.74. The Morgan fingerprint density at radius 1 is 1.44 bits per heavy atom. The molecule has 1 rings (SSSR count). The van der Waals surface area contributed by atoms with E-state index in [4.69, 9.17) is 23.2 Å². The molecule has 0 aliphatic heterocycles. The van der Waals surface area contributed by atoms with Crippen LogP contribution in [0, 0.1) is 5.92 Å². The minimum Gasteiger partial charge on any atom is -0.392 e. The molecule has 0 amide bonds. The molecule has 1 unspecified atom stereocenters. The molecule has 0 aliphatic rings. The Bertz CT molecular complexity index is 499. The first-order valence-corrected chi connectivity index (χ1v) is 8.40. The molecule has 18 heavy (non-hydrogen) atoms. The van der Waals surface area contributed by atoms with E-state index in [0.717, 1.165) is 11.3 Å². The first-order valence-electron chi connectivity index (χ1n) is 5.35. The number of nitrogens with one attached hydrogen (secondary N) is 1. The topological polar surface area (TPSA) is 66.4 Å². The number of rotatable bonds is 6. The summed E-state index contributed by atoms with van der Waals surface area (Å²) in [5, 5.41) is 9.62. The average molecular weight is 332 g/mol. The van der Waals surface area contributed by atoms with Gasteiger partial charge in [0.2, 0.25) is 10.0 Å². The second-order valence-corrected chi connectivity index (χ2v) is 8.34. The first-order chi connectivity index (χ1) is 8.22. The molecule has 0 fully saturated rings. The van der Waals surface area contributed by atoms with Crippen LogP contribution in [0.1, 0.15) is 20.3 Å². The molecule has 4 nitrogen and oxygen atoms in total. The second kappa shape index (κ2) is 6.54. The summed E-state index contributed by atoms with van der Waals surface area (Å²) in [6.07, 6.45) is -0.187. The lowest BCUT2D eigenvalue weighted by Crippen LogP contribution is -2.32. The molecule has 8 heteroatoms. The summed E-state index contributed by atoms with van der Waals surface area (Å²) < 4.78 is 26.5. The minimum atomic E-state index is -3.72. The van der Waals surface area contributed by atoms with E-state index >= 15 is 0 Å². The maximum absolute atomic E-state index is 11.9. The van der Waals surface area contributed by atoms with E-state index in [2.05, 4.69) is 4.72 Å². The van der Waals surface area contributed by atoms with Gasteiger partial charge in [-0.2, -0.15) is 0 Å². The van der Waals surface area contributed by atoms with E-state index < -0.39 is 16.1 Å². The zero-order valence-corrected chi connectivity index (χ0v) is 13.1.